The number of methoxy groups -OCH3 is 2. The van der Waals surface area contributed by atoms with E-state index in [-0.39, 0.29) is 29.4 Å². The minimum Gasteiger partial charge on any atom is -0.506 e. The maximum absolute atomic E-state index is 13.8. The molecule has 2 atom stereocenters. The Hall–Kier alpha value is -4.44. The van der Waals surface area contributed by atoms with Gasteiger partial charge in [-0.15, -0.1) is 24.5 Å². The molecule has 4 aromatic rings. The number of carbonyl (C=O) groups is 2. The van der Waals surface area contributed by atoms with Crippen LogP contribution in [-0.2, 0) is 22.4 Å². The molecule has 3 saturated heterocycles. The average Bonchev–Trinajstić information content (AvgIpc) is 3.61. The van der Waals surface area contributed by atoms with E-state index in [0.717, 1.165) is 60.4 Å². The predicted octanol–water partition coefficient (Wildman–Crippen LogP) is 7.87. The van der Waals surface area contributed by atoms with E-state index in [1.54, 1.807) is 36.7 Å². The number of nitrogens with one attached hydrogen (secondary N) is 1. The quantitative estimate of drug-likeness (QED) is 0.143. The number of halogens is 5. The highest BCUT2D eigenvalue weighted by Crippen LogP contribution is 2.39. The van der Waals surface area contributed by atoms with Gasteiger partial charge in [-0.1, -0.05) is 29.3 Å². The molecular formula is C36H35Cl2F3N3O8S+. The number of rotatable bonds is 12. The first-order valence-electron chi connectivity index (χ1n) is 16.5. The number of H-pyrrole nitrogens is 1. The number of anilines is 1. The van der Waals surface area contributed by atoms with E-state index in [1.165, 1.54) is 20.3 Å². The van der Waals surface area contributed by atoms with E-state index in [4.69, 9.17) is 42.1 Å². The van der Waals surface area contributed by atoms with Crippen LogP contribution in [0.4, 0.5) is 23.7 Å². The number of aromatic hydroxyl groups is 1. The van der Waals surface area contributed by atoms with Crippen LogP contribution < -0.4 is 24.1 Å². The smallest absolute Gasteiger partial charge is 0.506 e. The van der Waals surface area contributed by atoms with Gasteiger partial charge in [-0.25, -0.2) is 14.6 Å². The van der Waals surface area contributed by atoms with Gasteiger partial charge in [-0.3, -0.25) is 9.80 Å². The summed E-state index contributed by atoms with van der Waals surface area (Å²) in [6, 6.07) is 11.0. The molecule has 282 valence electrons. The molecule has 11 nitrogen and oxygen atoms in total. The van der Waals surface area contributed by atoms with Gasteiger partial charge in [0, 0.05) is 29.5 Å². The number of amides is 1. The number of hydrogen-bond donors (Lipinski definition) is 1. The van der Waals surface area contributed by atoms with Crippen LogP contribution >= 0.6 is 34.5 Å². The summed E-state index contributed by atoms with van der Waals surface area (Å²) in [6.07, 6.45) is -2.32. The Morgan fingerprint density at radius 2 is 1.74 bits per heavy atom. The molecule has 2 aromatic carbocycles. The number of aromatic nitrogens is 1. The first kappa shape index (κ1) is 38.3. The molecule has 53 heavy (non-hydrogen) atoms. The number of piperidine rings is 3. The normalized spacial score (nSPS) is 18.6. The van der Waals surface area contributed by atoms with Crippen molar-refractivity contribution in [1.29, 1.82) is 0 Å². The zero-order chi connectivity index (χ0) is 37.9. The third kappa shape index (κ3) is 9.21. The zero-order valence-electron chi connectivity index (χ0n) is 28.5. The lowest BCUT2D eigenvalue weighted by atomic mass is 9.86. The van der Waals surface area contributed by atoms with Crippen molar-refractivity contribution in [2.24, 2.45) is 5.92 Å². The number of hydrogen-bond acceptors (Lipinski definition) is 10. The molecule has 3 aliphatic heterocycles. The van der Waals surface area contributed by atoms with Crippen LogP contribution in [0, 0.1) is 5.92 Å². The topological polar surface area (TPSA) is 121 Å². The third-order valence-corrected chi connectivity index (χ3v) is 10.9. The second-order valence-corrected chi connectivity index (χ2v) is 14.4. The number of benzene rings is 2. The molecule has 0 saturated carbocycles. The molecule has 3 fully saturated rings. The summed E-state index contributed by atoms with van der Waals surface area (Å²) in [5.74, 6) is -0.816. The molecule has 0 spiro atoms. The van der Waals surface area contributed by atoms with Crippen molar-refractivity contribution < 1.29 is 56.5 Å². The van der Waals surface area contributed by atoms with Gasteiger partial charge in [-0.05, 0) is 73.8 Å². The van der Waals surface area contributed by atoms with Crippen molar-refractivity contribution >= 4 is 52.3 Å². The molecule has 7 rings (SSSR count). The number of nitrogens with zero attached hydrogens (tertiary/aromatic N) is 2. The van der Waals surface area contributed by atoms with Crippen LogP contribution in [0.1, 0.15) is 44.6 Å². The summed E-state index contributed by atoms with van der Waals surface area (Å²) in [6.45, 7) is 2.06. The maximum Gasteiger partial charge on any atom is 0.573 e. The summed E-state index contributed by atoms with van der Waals surface area (Å²) >= 11 is 13.9. The molecule has 0 aliphatic carbocycles. The zero-order valence-corrected chi connectivity index (χ0v) is 30.8. The molecule has 2 N–H and O–H groups in total. The van der Waals surface area contributed by atoms with Crippen molar-refractivity contribution in [1.82, 2.24) is 4.90 Å². The molecule has 0 radical (unpaired) electrons. The first-order chi connectivity index (χ1) is 25.3. The number of phenolic OH excluding ortho intramolecular Hbond substituents is 1. The minimum atomic E-state index is -5.01. The van der Waals surface area contributed by atoms with Crippen LogP contribution in [0.3, 0.4) is 0 Å². The molecule has 0 unspecified atom stereocenters. The van der Waals surface area contributed by atoms with E-state index in [0.29, 0.717) is 44.1 Å². The lowest BCUT2D eigenvalue weighted by molar-refractivity contribution is -0.377. The molecule has 1 amide bonds. The van der Waals surface area contributed by atoms with E-state index in [9.17, 15) is 27.9 Å². The number of aromatic amines is 1. The number of thiophene rings is 1. The number of alkyl halides is 3. The lowest BCUT2D eigenvalue weighted by Gasteiger charge is -2.44. The number of fused-ring (bicyclic) bond motifs is 3. The number of ether oxygens (including phenoxy) is 5. The van der Waals surface area contributed by atoms with Gasteiger partial charge in [0.05, 0.1) is 26.5 Å². The molecule has 3 aliphatic rings. The van der Waals surface area contributed by atoms with Crippen LogP contribution in [0.2, 0.25) is 10.0 Å². The van der Waals surface area contributed by atoms with Gasteiger partial charge in [0.2, 0.25) is 0 Å². The van der Waals surface area contributed by atoms with Crippen LogP contribution in [0.15, 0.2) is 60.9 Å². The van der Waals surface area contributed by atoms with Crippen LogP contribution in [0.25, 0.3) is 0 Å². The summed E-state index contributed by atoms with van der Waals surface area (Å²) in [7, 11) is 2.97. The number of esters is 1. The van der Waals surface area contributed by atoms with Crippen molar-refractivity contribution in [2.75, 3.05) is 38.8 Å². The van der Waals surface area contributed by atoms with Crippen molar-refractivity contribution in [2.45, 2.75) is 44.4 Å². The highest BCUT2D eigenvalue weighted by Gasteiger charge is 2.38. The second-order valence-electron chi connectivity index (χ2n) is 12.5. The summed E-state index contributed by atoms with van der Waals surface area (Å²) in [4.78, 5) is 34.2. The standard InChI is InChI=1S/C36H34Cl2F3N3O8S/c1-48-29-7-3-21(13-31(29)49-2)30(15-24-25(37)16-42-17-26(24)38)50-34(46)33-8-5-23(53-33)18-44(27-14-22(4-6-28(27)45)52-36(39,40)41)35(47)51-32-19-43-11-9-20(32)10-12-43/h3-8,13-14,16-17,20,30,32,45H,9-12,15,18-19H2,1-2H3/p+1/t30-,32-/m0/s1. The summed E-state index contributed by atoms with van der Waals surface area (Å²) in [5.41, 5.74) is 0.823. The average molecular weight is 798 g/mol. The van der Waals surface area contributed by atoms with Gasteiger partial charge >= 0.3 is 18.4 Å². The SMILES string of the molecule is COc1ccc([C@H](Cc2c(Cl)c[nH+]cc2Cl)OC(=O)c2ccc(CN(C(=O)O[C@H]3CN4CCC3CC4)c3cc(OC(F)(F)F)ccc3O)s2)cc1OC. The Labute approximate surface area is 316 Å². The Morgan fingerprint density at radius 1 is 1.02 bits per heavy atom. The predicted molar refractivity (Wildman–Crippen MR) is 189 cm³/mol. The molecule has 17 heteroatoms. The Balaban J connectivity index is 1.27. The van der Waals surface area contributed by atoms with E-state index < -0.39 is 42.1 Å². The lowest BCUT2D eigenvalue weighted by Crippen LogP contribution is -2.53. The highest BCUT2D eigenvalue weighted by atomic mass is 35.5. The number of carbonyl (C=O) groups excluding carboxylic acids is 2. The Bertz CT molecular complexity index is 1940. The van der Waals surface area contributed by atoms with E-state index >= 15 is 0 Å². The fourth-order valence-electron chi connectivity index (χ4n) is 6.46. The van der Waals surface area contributed by atoms with E-state index in [1.807, 2.05) is 0 Å². The fourth-order valence-corrected chi connectivity index (χ4v) is 7.87. The van der Waals surface area contributed by atoms with Gasteiger partial charge in [0.25, 0.3) is 0 Å². The summed E-state index contributed by atoms with van der Waals surface area (Å²) < 4.78 is 66.2. The second kappa shape index (κ2) is 16.3. The Morgan fingerprint density at radius 3 is 2.38 bits per heavy atom. The van der Waals surface area contributed by atoms with Crippen molar-refractivity contribution in [3.05, 3.63) is 91.9 Å². The number of phenols is 1. The van der Waals surface area contributed by atoms with Crippen LogP contribution in [0.5, 0.6) is 23.0 Å². The highest BCUT2D eigenvalue weighted by molar-refractivity contribution is 7.14. The largest absolute Gasteiger partial charge is 0.573 e. The third-order valence-electron chi connectivity index (χ3n) is 9.13. The van der Waals surface area contributed by atoms with Gasteiger partial charge in [0.15, 0.2) is 23.9 Å². The van der Waals surface area contributed by atoms with Crippen LogP contribution in [-0.4, -0.2) is 68.4 Å². The molecule has 2 aromatic heterocycles. The fraction of sp³-hybridized carbons (Fsp3) is 0.361. The maximum atomic E-state index is 13.8. The summed E-state index contributed by atoms with van der Waals surface area (Å²) in [5, 5.41) is 11.4. The van der Waals surface area contributed by atoms with Gasteiger partial charge in [-0.2, -0.15) is 0 Å². The Kier molecular flexibility index (Phi) is 11.8. The number of pyridine rings is 1. The molecular weight excluding hydrogens is 762 g/mol. The van der Waals surface area contributed by atoms with Gasteiger partial charge < -0.3 is 28.8 Å². The monoisotopic (exact) mass is 796 g/mol. The first-order valence-corrected chi connectivity index (χ1v) is 18.0. The van der Waals surface area contributed by atoms with Gasteiger partial charge in [0.1, 0.15) is 38.6 Å². The van der Waals surface area contributed by atoms with Crippen molar-refractivity contribution in [3.8, 4) is 23.0 Å². The molecule has 5 heterocycles. The minimum absolute atomic E-state index is 0.0978. The van der Waals surface area contributed by atoms with Crippen molar-refractivity contribution in [3.63, 3.8) is 0 Å². The molecule has 2 bridgehead atoms. The van der Waals surface area contributed by atoms with E-state index in [2.05, 4.69) is 14.6 Å².